The van der Waals surface area contributed by atoms with Crippen LogP contribution in [0.3, 0.4) is 0 Å². The number of hydrogen-bond donors (Lipinski definition) is 1. The van der Waals surface area contributed by atoms with Crippen LogP contribution in [0, 0.1) is 0 Å². The number of hydrogen-bond acceptors (Lipinski definition) is 3. The highest BCUT2D eigenvalue weighted by atomic mass is 16.7. The SMILES string of the molecule is CON(C)C(=O)C(C)=C1CNC1. The summed E-state index contributed by atoms with van der Waals surface area (Å²) in [5, 5.41) is 4.32. The molecule has 1 amide bonds. The van der Waals surface area contributed by atoms with Crippen molar-refractivity contribution in [3.63, 3.8) is 0 Å². The van der Waals surface area contributed by atoms with Crippen molar-refractivity contribution >= 4 is 5.91 Å². The van der Waals surface area contributed by atoms with E-state index >= 15 is 0 Å². The predicted molar refractivity (Wildman–Crippen MR) is 45.3 cm³/mol. The lowest BCUT2D eigenvalue weighted by molar-refractivity contribution is -0.164. The molecule has 0 aromatic carbocycles. The monoisotopic (exact) mass is 170 g/mol. The molecule has 1 fully saturated rings. The first-order chi connectivity index (χ1) is 5.66. The van der Waals surface area contributed by atoms with Crippen LogP contribution >= 0.6 is 0 Å². The second-order valence-electron chi connectivity index (χ2n) is 2.82. The number of rotatable bonds is 2. The molecule has 0 radical (unpaired) electrons. The number of hydroxylamine groups is 2. The van der Waals surface area contributed by atoms with Crippen LogP contribution in [-0.4, -0.2) is 38.2 Å². The van der Waals surface area contributed by atoms with Gasteiger partial charge in [0.2, 0.25) is 0 Å². The van der Waals surface area contributed by atoms with Crippen molar-refractivity contribution in [3.8, 4) is 0 Å². The van der Waals surface area contributed by atoms with Gasteiger partial charge in [0.05, 0.1) is 7.11 Å². The number of nitrogens with one attached hydrogen (secondary N) is 1. The van der Waals surface area contributed by atoms with Crippen LogP contribution in [0.25, 0.3) is 0 Å². The van der Waals surface area contributed by atoms with Crippen LogP contribution in [0.15, 0.2) is 11.1 Å². The Morgan fingerprint density at radius 1 is 1.58 bits per heavy atom. The van der Waals surface area contributed by atoms with Crippen molar-refractivity contribution in [2.45, 2.75) is 6.92 Å². The Hall–Kier alpha value is -0.870. The number of nitrogens with zero attached hydrogens (tertiary/aromatic N) is 1. The van der Waals surface area contributed by atoms with E-state index in [-0.39, 0.29) is 5.91 Å². The first-order valence-corrected chi connectivity index (χ1v) is 3.88. The lowest BCUT2D eigenvalue weighted by Gasteiger charge is -2.23. The van der Waals surface area contributed by atoms with Crippen molar-refractivity contribution in [1.82, 2.24) is 10.4 Å². The topological polar surface area (TPSA) is 41.6 Å². The van der Waals surface area contributed by atoms with E-state index in [1.54, 1.807) is 7.05 Å². The quantitative estimate of drug-likeness (QED) is 0.466. The van der Waals surface area contributed by atoms with Crippen molar-refractivity contribution in [1.29, 1.82) is 0 Å². The van der Waals surface area contributed by atoms with E-state index in [1.165, 1.54) is 17.7 Å². The molecule has 1 heterocycles. The molecule has 1 saturated heterocycles. The summed E-state index contributed by atoms with van der Waals surface area (Å²) < 4.78 is 0. The van der Waals surface area contributed by atoms with Gasteiger partial charge in [0.15, 0.2) is 0 Å². The van der Waals surface area contributed by atoms with E-state index < -0.39 is 0 Å². The highest BCUT2D eigenvalue weighted by Crippen LogP contribution is 2.10. The first-order valence-electron chi connectivity index (χ1n) is 3.88. The molecule has 0 aromatic heterocycles. The molecule has 1 aliphatic heterocycles. The largest absolute Gasteiger partial charge is 0.309 e. The van der Waals surface area contributed by atoms with Gasteiger partial charge in [-0.1, -0.05) is 0 Å². The van der Waals surface area contributed by atoms with Crippen LogP contribution < -0.4 is 5.32 Å². The van der Waals surface area contributed by atoms with Gasteiger partial charge >= 0.3 is 0 Å². The molecular weight excluding hydrogens is 156 g/mol. The summed E-state index contributed by atoms with van der Waals surface area (Å²) in [6, 6.07) is 0. The van der Waals surface area contributed by atoms with Gasteiger partial charge in [-0.15, -0.1) is 0 Å². The van der Waals surface area contributed by atoms with Gasteiger partial charge in [-0.25, -0.2) is 5.06 Å². The molecule has 0 aliphatic carbocycles. The lowest BCUT2D eigenvalue weighted by Crippen LogP contribution is -2.37. The maximum absolute atomic E-state index is 11.4. The summed E-state index contributed by atoms with van der Waals surface area (Å²) in [5.41, 5.74) is 1.96. The molecule has 0 unspecified atom stereocenters. The Balaban J connectivity index is 2.63. The zero-order chi connectivity index (χ0) is 9.14. The van der Waals surface area contributed by atoms with E-state index in [0.717, 1.165) is 18.7 Å². The Bertz CT molecular complexity index is 217. The molecule has 0 bridgehead atoms. The zero-order valence-corrected chi connectivity index (χ0v) is 7.68. The highest BCUT2D eigenvalue weighted by Gasteiger charge is 2.18. The van der Waals surface area contributed by atoms with Crippen molar-refractivity contribution in [2.75, 3.05) is 27.2 Å². The predicted octanol–water partition coefficient (Wildman–Crippen LogP) is -0.0741. The molecule has 1 rings (SSSR count). The average molecular weight is 170 g/mol. The molecule has 4 heteroatoms. The molecule has 1 aliphatic rings. The molecular formula is C8H14N2O2. The normalized spacial score (nSPS) is 15.4. The van der Waals surface area contributed by atoms with Crippen molar-refractivity contribution < 1.29 is 9.63 Å². The Morgan fingerprint density at radius 3 is 2.50 bits per heavy atom. The molecule has 0 spiro atoms. The van der Waals surface area contributed by atoms with Gasteiger partial charge in [-0.05, 0) is 12.5 Å². The van der Waals surface area contributed by atoms with Crippen LogP contribution in [0.5, 0.6) is 0 Å². The summed E-state index contributed by atoms with van der Waals surface area (Å²) in [5.74, 6) is -0.0611. The maximum Gasteiger partial charge on any atom is 0.272 e. The maximum atomic E-state index is 11.4. The number of amides is 1. The molecule has 4 nitrogen and oxygen atoms in total. The molecule has 68 valence electrons. The molecule has 1 N–H and O–H groups in total. The minimum atomic E-state index is -0.0611. The minimum absolute atomic E-state index is 0.0611. The van der Waals surface area contributed by atoms with E-state index in [4.69, 9.17) is 4.84 Å². The summed E-state index contributed by atoms with van der Waals surface area (Å²) >= 11 is 0. The third kappa shape index (κ3) is 1.65. The molecule has 0 aromatic rings. The fourth-order valence-electron chi connectivity index (χ4n) is 0.985. The van der Waals surface area contributed by atoms with E-state index in [9.17, 15) is 4.79 Å². The minimum Gasteiger partial charge on any atom is -0.309 e. The van der Waals surface area contributed by atoms with Gasteiger partial charge in [-0.2, -0.15) is 0 Å². The summed E-state index contributed by atoms with van der Waals surface area (Å²) in [6.45, 7) is 3.48. The van der Waals surface area contributed by atoms with Crippen LogP contribution in [-0.2, 0) is 9.63 Å². The molecule has 12 heavy (non-hydrogen) atoms. The van der Waals surface area contributed by atoms with Crippen LogP contribution in [0.1, 0.15) is 6.92 Å². The van der Waals surface area contributed by atoms with Crippen molar-refractivity contribution in [3.05, 3.63) is 11.1 Å². The summed E-state index contributed by atoms with van der Waals surface area (Å²) in [6.07, 6.45) is 0. The van der Waals surface area contributed by atoms with Crippen molar-refractivity contribution in [2.24, 2.45) is 0 Å². The number of carbonyl (C=O) groups is 1. The van der Waals surface area contributed by atoms with E-state index in [2.05, 4.69) is 5.32 Å². The third-order valence-electron chi connectivity index (χ3n) is 2.09. The fraction of sp³-hybridized carbons (Fsp3) is 0.625. The average Bonchev–Trinajstić information content (AvgIpc) is 1.98. The second kappa shape index (κ2) is 3.69. The first kappa shape index (κ1) is 9.22. The molecule has 0 saturated carbocycles. The second-order valence-corrected chi connectivity index (χ2v) is 2.82. The van der Waals surface area contributed by atoms with Gasteiger partial charge in [-0.3, -0.25) is 9.63 Å². The van der Waals surface area contributed by atoms with Gasteiger partial charge < -0.3 is 5.32 Å². The number of carbonyl (C=O) groups excluding carboxylic acids is 1. The van der Waals surface area contributed by atoms with Crippen LogP contribution in [0.2, 0.25) is 0 Å². The van der Waals surface area contributed by atoms with Crippen LogP contribution in [0.4, 0.5) is 0 Å². The summed E-state index contributed by atoms with van der Waals surface area (Å²) in [4.78, 5) is 16.2. The zero-order valence-electron chi connectivity index (χ0n) is 7.68. The van der Waals surface area contributed by atoms with E-state index in [1.807, 2.05) is 6.92 Å². The Labute approximate surface area is 72.1 Å². The lowest BCUT2D eigenvalue weighted by atomic mass is 10.0. The molecule has 0 atom stereocenters. The highest BCUT2D eigenvalue weighted by molar-refractivity contribution is 5.93. The van der Waals surface area contributed by atoms with E-state index in [0.29, 0.717) is 0 Å². The fourth-order valence-corrected chi connectivity index (χ4v) is 0.985. The number of likely N-dealkylation sites (N-methyl/N-ethyl adjacent to an activating group) is 1. The Kier molecular flexibility index (Phi) is 2.83. The third-order valence-corrected chi connectivity index (χ3v) is 2.09. The summed E-state index contributed by atoms with van der Waals surface area (Å²) in [7, 11) is 3.09. The van der Waals surface area contributed by atoms with Gasteiger partial charge in [0.1, 0.15) is 0 Å². The van der Waals surface area contributed by atoms with Gasteiger partial charge in [0, 0.05) is 25.7 Å². The smallest absolute Gasteiger partial charge is 0.272 e. The van der Waals surface area contributed by atoms with Gasteiger partial charge in [0.25, 0.3) is 5.91 Å². The standard InChI is InChI=1S/C8H14N2O2/c1-6(7-4-9-5-7)8(11)10(2)12-3/h9H,4-5H2,1-3H3. The Morgan fingerprint density at radius 2 is 2.17 bits per heavy atom.